The van der Waals surface area contributed by atoms with Crippen molar-refractivity contribution in [2.45, 2.75) is 13.3 Å². The van der Waals surface area contributed by atoms with Gasteiger partial charge in [-0.3, -0.25) is 4.94 Å². The smallest absolute Gasteiger partial charge is 0.164 e. The predicted molar refractivity (Wildman–Crippen MR) is 30.8 cm³/mol. The first kappa shape index (κ1) is 7.21. The van der Waals surface area contributed by atoms with Crippen LogP contribution in [0.15, 0.2) is 24.5 Å². The second-order valence-electron chi connectivity index (χ2n) is 1.35. The molecule has 46 valence electrons. The van der Waals surface area contributed by atoms with Gasteiger partial charge < -0.3 is 0 Å². The molecular weight excluding hydrogens is 107 g/mol. The molecule has 0 N–H and O–H groups in total. The van der Waals surface area contributed by atoms with Gasteiger partial charge in [0.1, 0.15) is 0 Å². The van der Waals surface area contributed by atoms with Crippen molar-refractivity contribution in [3.63, 3.8) is 0 Å². The lowest BCUT2D eigenvalue weighted by atomic mass is 10.4. The van der Waals surface area contributed by atoms with Crippen LogP contribution in [0.2, 0.25) is 0 Å². The highest BCUT2D eigenvalue weighted by Gasteiger charge is 1.81. The molecule has 0 unspecified atom stereocenters. The summed E-state index contributed by atoms with van der Waals surface area (Å²) in [5, 5.41) is 0. The van der Waals surface area contributed by atoms with Crippen LogP contribution in [0.3, 0.4) is 0 Å². The highest BCUT2D eigenvalue weighted by molar-refractivity contribution is 5.05. The topological polar surface area (TPSA) is 9.23 Å². The van der Waals surface area contributed by atoms with Gasteiger partial charge >= 0.3 is 0 Å². The van der Waals surface area contributed by atoms with E-state index in [9.17, 15) is 4.53 Å². The van der Waals surface area contributed by atoms with Crippen molar-refractivity contribution in [2.24, 2.45) is 0 Å². The van der Waals surface area contributed by atoms with E-state index in [-0.39, 0.29) is 5.76 Å². The number of hydrogen-bond donors (Lipinski definition) is 0. The monoisotopic (exact) mass is 116 g/mol. The summed E-state index contributed by atoms with van der Waals surface area (Å²) in [6, 6.07) is 0. The minimum atomic E-state index is 0.0480. The summed E-state index contributed by atoms with van der Waals surface area (Å²) in [6.07, 6.45) is 4.12. The summed E-state index contributed by atoms with van der Waals surface area (Å²) in [4.78, 5) is 3.27. The van der Waals surface area contributed by atoms with Crippen molar-refractivity contribution in [3.8, 4) is 0 Å². The molecule has 0 heterocycles. The molecule has 0 aromatic rings. The van der Waals surface area contributed by atoms with Crippen LogP contribution in [0.1, 0.15) is 13.3 Å². The highest BCUT2D eigenvalue weighted by atomic mass is 19.3. The molecule has 2 heteroatoms. The summed E-state index contributed by atoms with van der Waals surface area (Å²) in [7, 11) is 0. The minimum Gasteiger partial charge on any atom is -0.295 e. The predicted octanol–water partition coefficient (Wildman–Crippen LogP) is 2.37. The molecule has 8 heavy (non-hydrogen) atoms. The molecule has 0 aliphatic rings. The molecule has 0 aliphatic heterocycles. The van der Waals surface area contributed by atoms with Crippen LogP contribution in [0.4, 0.5) is 4.53 Å². The molecular formula is C6H9FO. The zero-order valence-corrected chi connectivity index (χ0v) is 4.86. The molecule has 0 bridgehead atoms. The van der Waals surface area contributed by atoms with E-state index in [4.69, 9.17) is 0 Å². The van der Waals surface area contributed by atoms with Crippen molar-refractivity contribution in [2.75, 3.05) is 0 Å². The molecule has 1 nitrogen and oxygen atoms in total. The summed E-state index contributed by atoms with van der Waals surface area (Å²) in [5.41, 5.74) is 0. The van der Waals surface area contributed by atoms with Crippen LogP contribution >= 0.6 is 0 Å². The van der Waals surface area contributed by atoms with Gasteiger partial charge in [0, 0.05) is 4.53 Å². The summed E-state index contributed by atoms with van der Waals surface area (Å²) < 4.78 is 11.1. The second kappa shape index (κ2) is 4.37. The second-order valence-corrected chi connectivity index (χ2v) is 1.35. The molecule has 0 saturated heterocycles. The average Bonchev–Trinajstić information content (AvgIpc) is 1.83. The Balaban J connectivity index is 3.37. The van der Waals surface area contributed by atoms with E-state index >= 15 is 0 Å². The Bertz CT molecular complexity index is 96.7. The Labute approximate surface area is 48.4 Å². The molecule has 0 saturated carbocycles. The third kappa shape index (κ3) is 3.40. The van der Waals surface area contributed by atoms with E-state index in [1.807, 2.05) is 6.92 Å². The SMILES string of the molecule is C=C(C=CCC)OF. The van der Waals surface area contributed by atoms with Gasteiger partial charge in [0.05, 0.1) is 0 Å². The molecule has 0 rings (SSSR count). The Hall–Kier alpha value is -0.790. The Morgan fingerprint density at radius 1 is 1.88 bits per heavy atom. The van der Waals surface area contributed by atoms with Gasteiger partial charge in [-0.05, 0) is 12.5 Å². The first-order chi connectivity index (χ1) is 3.81. The Morgan fingerprint density at radius 2 is 2.50 bits per heavy atom. The van der Waals surface area contributed by atoms with Gasteiger partial charge in [-0.25, -0.2) is 0 Å². The maximum Gasteiger partial charge on any atom is 0.164 e. The van der Waals surface area contributed by atoms with Crippen LogP contribution in [-0.4, -0.2) is 0 Å². The van der Waals surface area contributed by atoms with Crippen LogP contribution < -0.4 is 0 Å². The van der Waals surface area contributed by atoms with Crippen molar-refractivity contribution in [3.05, 3.63) is 24.5 Å². The summed E-state index contributed by atoms with van der Waals surface area (Å²) in [5.74, 6) is 0.0480. The van der Waals surface area contributed by atoms with Crippen LogP contribution in [0, 0.1) is 0 Å². The maximum atomic E-state index is 11.1. The third-order valence-electron chi connectivity index (χ3n) is 0.639. The van der Waals surface area contributed by atoms with Gasteiger partial charge in [0.25, 0.3) is 0 Å². The fourth-order valence-electron chi connectivity index (χ4n) is 0.275. The molecule has 0 aromatic carbocycles. The lowest BCUT2D eigenvalue weighted by molar-refractivity contribution is -0.0758. The van der Waals surface area contributed by atoms with Crippen molar-refractivity contribution in [1.29, 1.82) is 0 Å². The molecule has 0 atom stereocenters. The average molecular weight is 116 g/mol. The van der Waals surface area contributed by atoms with Crippen molar-refractivity contribution in [1.82, 2.24) is 0 Å². The molecule has 0 radical (unpaired) electrons. The number of hydrogen-bond acceptors (Lipinski definition) is 1. The summed E-state index contributed by atoms with van der Waals surface area (Å²) >= 11 is 0. The molecule has 0 amide bonds. The normalized spacial score (nSPS) is 9.75. The first-order valence-corrected chi connectivity index (χ1v) is 2.45. The van der Waals surface area contributed by atoms with E-state index in [1.54, 1.807) is 6.08 Å². The number of allylic oxidation sites excluding steroid dienone is 2. The van der Waals surface area contributed by atoms with Gasteiger partial charge in [0.2, 0.25) is 0 Å². The summed E-state index contributed by atoms with van der Waals surface area (Å²) in [6.45, 7) is 5.17. The number of rotatable bonds is 3. The fourth-order valence-corrected chi connectivity index (χ4v) is 0.275. The van der Waals surface area contributed by atoms with E-state index < -0.39 is 0 Å². The van der Waals surface area contributed by atoms with E-state index in [0.717, 1.165) is 6.42 Å². The lowest BCUT2D eigenvalue weighted by Gasteiger charge is -1.85. The van der Waals surface area contributed by atoms with Crippen LogP contribution in [0.25, 0.3) is 0 Å². The van der Waals surface area contributed by atoms with Gasteiger partial charge in [-0.2, -0.15) is 0 Å². The van der Waals surface area contributed by atoms with Crippen molar-refractivity contribution < 1.29 is 9.47 Å². The first-order valence-electron chi connectivity index (χ1n) is 2.45. The Kier molecular flexibility index (Phi) is 3.94. The molecule has 0 aromatic heterocycles. The highest BCUT2D eigenvalue weighted by Crippen LogP contribution is 1.95. The Morgan fingerprint density at radius 3 is 2.88 bits per heavy atom. The van der Waals surface area contributed by atoms with E-state index in [1.165, 1.54) is 6.08 Å². The van der Waals surface area contributed by atoms with Gasteiger partial charge in [-0.15, -0.1) is 0 Å². The lowest BCUT2D eigenvalue weighted by Crippen LogP contribution is -1.70. The van der Waals surface area contributed by atoms with Crippen molar-refractivity contribution >= 4 is 0 Å². The fraction of sp³-hybridized carbons (Fsp3) is 0.333. The molecule has 0 fully saturated rings. The molecule has 0 aliphatic carbocycles. The standard InChI is InChI=1S/C6H9FO/c1-3-4-5-6(2)8-7/h4-5H,2-3H2,1H3. The van der Waals surface area contributed by atoms with E-state index in [2.05, 4.69) is 11.5 Å². The number of halogens is 1. The zero-order valence-electron chi connectivity index (χ0n) is 4.86. The van der Waals surface area contributed by atoms with Crippen LogP contribution in [0.5, 0.6) is 0 Å². The quantitative estimate of drug-likeness (QED) is 0.406. The third-order valence-corrected chi connectivity index (χ3v) is 0.639. The molecule has 0 spiro atoms. The van der Waals surface area contributed by atoms with Gasteiger partial charge in [-0.1, -0.05) is 19.6 Å². The van der Waals surface area contributed by atoms with Gasteiger partial charge in [0.15, 0.2) is 5.76 Å². The maximum absolute atomic E-state index is 11.1. The van der Waals surface area contributed by atoms with Crippen LogP contribution in [-0.2, 0) is 4.94 Å². The zero-order chi connectivity index (χ0) is 6.41. The minimum absolute atomic E-state index is 0.0480. The largest absolute Gasteiger partial charge is 0.295 e. The van der Waals surface area contributed by atoms with E-state index in [0.29, 0.717) is 0 Å².